The fourth-order valence-electron chi connectivity index (χ4n) is 2.07. The topological polar surface area (TPSA) is 44.4 Å². The third kappa shape index (κ3) is 3.23. The maximum atomic E-state index is 11.9. The van der Waals surface area contributed by atoms with Gasteiger partial charge in [-0.15, -0.1) is 0 Å². The Morgan fingerprint density at radius 3 is 2.67 bits per heavy atom. The number of urea groups is 1. The minimum absolute atomic E-state index is 0.0368. The monoisotopic (exact) mass is 247 g/mol. The van der Waals surface area contributed by atoms with Crippen molar-refractivity contribution in [3.63, 3.8) is 0 Å². The molecule has 4 heteroatoms. The van der Waals surface area contributed by atoms with Crippen molar-refractivity contribution in [3.05, 3.63) is 34.9 Å². The summed E-state index contributed by atoms with van der Waals surface area (Å²) in [6, 6.07) is 6.34. The lowest BCUT2D eigenvalue weighted by Crippen LogP contribution is -2.50. The SMILES string of the molecule is Cc1ccc(CNC(=O)N2CCNCC2)cc1C. The minimum atomic E-state index is 0.0368. The van der Waals surface area contributed by atoms with Gasteiger partial charge in [-0.2, -0.15) is 0 Å². The van der Waals surface area contributed by atoms with E-state index >= 15 is 0 Å². The van der Waals surface area contributed by atoms with Gasteiger partial charge in [-0.3, -0.25) is 0 Å². The summed E-state index contributed by atoms with van der Waals surface area (Å²) in [7, 11) is 0. The zero-order valence-electron chi connectivity index (χ0n) is 11.1. The number of aryl methyl sites for hydroxylation is 2. The summed E-state index contributed by atoms with van der Waals surface area (Å²) in [6.07, 6.45) is 0. The molecule has 1 aromatic rings. The first kappa shape index (κ1) is 12.9. The van der Waals surface area contributed by atoms with Crippen molar-refractivity contribution in [2.24, 2.45) is 0 Å². The number of nitrogens with one attached hydrogen (secondary N) is 2. The van der Waals surface area contributed by atoms with Crippen LogP contribution in [0.3, 0.4) is 0 Å². The van der Waals surface area contributed by atoms with Crippen LogP contribution in [-0.2, 0) is 6.54 Å². The van der Waals surface area contributed by atoms with E-state index < -0.39 is 0 Å². The molecule has 0 atom stereocenters. The molecular weight excluding hydrogens is 226 g/mol. The lowest BCUT2D eigenvalue weighted by Gasteiger charge is -2.27. The molecule has 2 rings (SSSR count). The summed E-state index contributed by atoms with van der Waals surface area (Å²) >= 11 is 0. The number of carbonyl (C=O) groups is 1. The molecule has 1 saturated heterocycles. The summed E-state index contributed by atoms with van der Waals surface area (Å²) in [4.78, 5) is 13.8. The average Bonchev–Trinajstić information content (AvgIpc) is 2.41. The summed E-state index contributed by atoms with van der Waals surface area (Å²) in [5.74, 6) is 0. The predicted octanol–water partition coefficient (Wildman–Crippen LogP) is 1.42. The molecule has 0 radical (unpaired) electrons. The van der Waals surface area contributed by atoms with Crippen molar-refractivity contribution < 1.29 is 4.79 Å². The fourth-order valence-corrected chi connectivity index (χ4v) is 2.07. The number of hydrogen-bond donors (Lipinski definition) is 2. The van der Waals surface area contributed by atoms with Gasteiger partial charge in [-0.1, -0.05) is 18.2 Å². The van der Waals surface area contributed by atoms with Gasteiger partial charge in [0.1, 0.15) is 0 Å². The van der Waals surface area contributed by atoms with Crippen LogP contribution in [0.5, 0.6) is 0 Å². The van der Waals surface area contributed by atoms with Crippen LogP contribution in [0.25, 0.3) is 0 Å². The van der Waals surface area contributed by atoms with Gasteiger partial charge in [0.25, 0.3) is 0 Å². The van der Waals surface area contributed by atoms with Crippen molar-refractivity contribution >= 4 is 6.03 Å². The summed E-state index contributed by atoms with van der Waals surface area (Å²) in [6.45, 7) is 8.14. The Bertz CT molecular complexity index is 425. The van der Waals surface area contributed by atoms with Crippen molar-refractivity contribution in [3.8, 4) is 0 Å². The van der Waals surface area contributed by atoms with Gasteiger partial charge >= 0.3 is 6.03 Å². The highest BCUT2D eigenvalue weighted by atomic mass is 16.2. The van der Waals surface area contributed by atoms with Gasteiger partial charge < -0.3 is 15.5 Å². The molecule has 0 spiro atoms. The lowest BCUT2D eigenvalue weighted by molar-refractivity contribution is 0.190. The van der Waals surface area contributed by atoms with E-state index in [4.69, 9.17) is 0 Å². The zero-order chi connectivity index (χ0) is 13.0. The second-order valence-corrected chi connectivity index (χ2v) is 4.81. The second-order valence-electron chi connectivity index (χ2n) is 4.81. The standard InChI is InChI=1S/C14H21N3O/c1-11-3-4-13(9-12(11)2)10-16-14(18)17-7-5-15-6-8-17/h3-4,9,15H,5-8,10H2,1-2H3,(H,16,18). The Hall–Kier alpha value is -1.55. The minimum Gasteiger partial charge on any atom is -0.334 e. The van der Waals surface area contributed by atoms with E-state index in [-0.39, 0.29) is 6.03 Å². The summed E-state index contributed by atoms with van der Waals surface area (Å²) < 4.78 is 0. The number of carbonyl (C=O) groups excluding carboxylic acids is 1. The highest BCUT2D eigenvalue weighted by Crippen LogP contribution is 2.09. The fraction of sp³-hybridized carbons (Fsp3) is 0.500. The Morgan fingerprint density at radius 2 is 2.00 bits per heavy atom. The molecule has 1 heterocycles. The Balaban J connectivity index is 1.86. The largest absolute Gasteiger partial charge is 0.334 e. The highest BCUT2D eigenvalue weighted by molar-refractivity contribution is 5.74. The number of amides is 2. The van der Waals surface area contributed by atoms with Crippen LogP contribution < -0.4 is 10.6 Å². The Morgan fingerprint density at radius 1 is 1.28 bits per heavy atom. The normalized spacial score (nSPS) is 15.6. The van der Waals surface area contributed by atoms with Gasteiger partial charge in [0.15, 0.2) is 0 Å². The molecule has 18 heavy (non-hydrogen) atoms. The molecule has 1 aliphatic heterocycles. The molecule has 2 amide bonds. The first-order valence-electron chi connectivity index (χ1n) is 6.46. The van der Waals surface area contributed by atoms with Crippen LogP contribution in [0, 0.1) is 13.8 Å². The summed E-state index contributed by atoms with van der Waals surface area (Å²) in [5.41, 5.74) is 3.71. The number of benzene rings is 1. The van der Waals surface area contributed by atoms with Gasteiger partial charge in [0.05, 0.1) is 0 Å². The number of rotatable bonds is 2. The molecule has 1 aromatic carbocycles. The van der Waals surface area contributed by atoms with E-state index in [1.165, 1.54) is 11.1 Å². The first-order valence-corrected chi connectivity index (χ1v) is 6.46. The summed E-state index contributed by atoms with van der Waals surface area (Å²) in [5, 5.41) is 6.21. The van der Waals surface area contributed by atoms with Crippen LogP contribution in [-0.4, -0.2) is 37.1 Å². The first-order chi connectivity index (χ1) is 8.66. The van der Waals surface area contributed by atoms with Gasteiger partial charge in [-0.25, -0.2) is 4.79 Å². The second kappa shape index (κ2) is 5.87. The van der Waals surface area contributed by atoms with Crippen LogP contribution in [0.4, 0.5) is 4.79 Å². The molecule has 0 unspecified atom stereocenters. The maximum Gasteiger partial charge on any atom is 0.317 e. The zero-order valence-corrected chi connectivity index (χ0v) is 11.1. The molecular formula is C14H21N3O. The molecule has 98 valence electrons. The van der Waals surface area contributed by atoms with Gasteiger partial charge in [-0.05, 0) is 30.5 Å². The molecule has 1 aliphatic rings. The molecule has 0 aromatic heterocycles. The molecule has 0 saturated carbocycles. The van der Waals surface area contributed by atoms with Gasteiger partial charge in [0.2, 0.25) is 0 Å². The molecule has 0 aliphatic carbocycles. The van der Waals surface area contributed by atoms with E-state index in [1.54, 1.807) is 0 Å². The van der Waals surface area contributed by atoms with Crippen molar-refractivity contribution in [2.45, 2.75) is 20.4 Å². The smallest absolute Gasteiger partial charge is 0.317 e. The number of piperazine rings is 1. The van der Waals surface area contributed by atoms with Crippen LogP contribution in [0.1, 0.15) is 16.7 Å². The van der Waals surface area contributed by atoms with E-state index in [0.717, 1.165) is 31.7 Å². The maximum absolute atomic E-state index is 11.9. The molecule has 0 bridgehead atoms. The van der Waals surface area contributed by atoms with Crippen LogP contribution >= 0.6 is 0 Å². The van der Waals surface area contributed by atoms with Crippen molar-refractivity contribution in [1.82, 2.24) is 15.5 Å². The van der Waals surface area contributed by atoms with E-state index in [2.05, 4.69) is 42.7 Å². The van der Waals surface area contributed by atoms with E-state index in [1.807, 2.05) is 4.90 Å². The molecule has 2 N–H and O–H groups in total. The number of hydrogen-bond acceptors (Lipinski definition) is 2. The average molecular weight is 247 g/mol. The van der Waals surface area contributed by atoms with Crippen molar-refractivity contribution in [1.29, 1.82) is 0 Å². The quantitative estimate of drug-likeness (QED) is 0.830. The van der Waals surface area contributed by atoms with Crippen LogP contribution in [0.15, 0.2) is 18.2 Å². The van der Waals surface area contributed by atoms with Gasteiger partial charge in [0, 0.05) is 32.7 Å². The third-order valence-electron chi connectivity index (χ3n) is 3.42. The molecule has 1 fully saturated rings. The van der Waals surface area contributed by atoms with Crippen molar-refractivity contribution in [2.75, 3.05) is 26.2 Å². The third-order valence-corrected chi connectivity index (χ3v) is 3.42. The van der Waals surface area contributed by atoms with E-state index in [0.29, 0.717) is 6.54 Å². The highest BCUT2D eigenvalue weighted by Gasteiger charge is 2.15. The lowest BCUT2D eigenvalue weighted by atomic mass is 10.1. The predicted molar refractivity (Wildman–Crippen MR) is 72.6 cm³/mol. The number of nitrogens with zero attached hydrogens (tertiary/aromatic N) is 1. The Labute approximate surface area is 108 Å². The molecule has 4 nitrogen and oxygen atoms in total. The van der Waals surface area contributed by atoms with E-state index in [9.17, 15) is 4.79 Å². The van der Waals surface area contributed by atoms with Crippen LogP contribution in [0.2, 0.25) is 0 Å². The Kier molecular flexibility index (Phi) is 4.20.